The molecule has 0 atom stereocenters. The number of methoxy groups -OCH3 is 1. The van der Waals surface area contributed by atoms with Gasteiger partial charge in [0, 0.05) is 7.05 Å². The van der Waals surface area contributed by atoms with Crippen molar-refractivity contribution in [1.82, 2.24) is 29.9 Å². The molecule has 0 amide bonds. The zero-order valence-electron chi connectivity index (χ0n) is 10.4. The third kappa shape index (κ3) is 1.92. The molecule has 0 saturated heterocycles. The fraction of sp³-hybridized carbons (Fsp3) is 0.182. The Morgan fingerprint density at radius 2 is 2.00 bits per heavy atom. The Balaban J connectivity index is 2.20. The summed E-state index contributed by atoms with van der Waals surface area (Å²) in [5.41, 5.74) is 1.59. The maximum absolute atomic E-state index is 5.04. The Morgan fingerprint density at radius 1 is 1.16 bits per heavy atom. The van der Waals surface area contributed by atoms with E-state index in [9.17, 15) is 0 Å². The SMILES string of the molecule is CNc1nc(OC)nc(-n2nnc3ccccc32)n1. The Morgan fingerprint density at radius 3 is 2.79 bits per heavy atom. The number of benzene rings is 1. The molecule has 3 aromatic rings. The van der Waals surface area contributed by atoms with E-state index in [2.05, 4.69) is 30.6 Å². The number of nitrogens with one attached hydrogen (secondary N) is 1. The van der Waals surface area contributed by atoms with Crippen molar-refractivity contribution in [2.45, 2.75) is 0 Å². The average Bonchev–Trinajstić information content (AvgIpc) is 2.90. The summed E-state index contributed by atoms with van der Waals surface area (Å²) in [6.07, 6.45) is 0. The third-order valence-corrected chi connectivity index (χ3v) is 2.55. The molecule has 8 nitrogen and oxygen atoms in total. The quantitative estimate of drug-likeness (QED) is 0.736. The van der Waals surface area contributed by atoms with E-state index in [0.717, 1.165) is 11.0 Å². The molecule has 2 aromatic heterocycles. The Labute approximate surface area is 108 Å². The van der Waals surface area contributed by atoms with Crippen LogP contribution in [0, 0.1) is 0 Å². The molecular weight excluding hydrogens is 246 g/mol. The summed E-state index contributed by atoms with van der Waals surface area (Å²) in [5, 5.41) is 11.0. The molecule has 0 aliphatic heterocycles. The van der Waals surface area contributed by atoms with Gasteiger partial charge in [-0.25, -0.2) is 0 Å². The summed E-state index contributed by atoms with van der Waals surface area (Å²) >= 11 is 0. The molecule has 2 heterocycles. The number of para-hydroxylation sites is 1. The lowest BCUT2D eigenvalue weighted by Gasteiger charge is -2.05. The van der Waals surface area contributed by atoms with Crippen LogP contribution in [-0.2, 0) is 0 Å². The normalized spacial score (nSPS) is 10.6. The fourth-order valence-corrected chi connectivity index (χ4v) is 1.66. The van der Waals surface area contributed by atoms with Crippen LogP contribution in [-0.4, -0.2) is 44.1 Å². The van der Waals surface area contributed by atoms with E-state index in [-0.39, 0.29) is 6.01 Å². The molecule has 0 aliphatic carbocycles. The van der Waals surface area contributed by atoms with E-state index in [1.165, 1.54) is 7.11 Å². The van der Waals surface area contributed by atoms with Gasteiger partial charge in [-0.1, -0.05) is 17.3 Å². The van der Waals surface area contributed by atoms with Crippen molar-refractivity contribution in [2.24, 2.45) is 0 Å². The summed E-state index contributed by atoms with van der Waals surface area (Å²) in [7, 11) is 3.22. The van der Waals surface area contributed by atoms with Crippen LogP contribution in [0.15, 0.2) is 24.3 Å². The first-order valence-electron chi connectivity index (χ1n) is 5.60. The van der Waals surface area contributed by atoms with E-state index in [0.29, 0.717) is 11.9 Å². The fourth-order valence-electron chi connectivity index (χ4n) is 1.66. The molecule has 0 radical (unpaired) electrons. The molecule has 0 aliphatic rings. The molecule has 1 N–H and O–H groups in total. The molecular formula is C11H11N7O. The van der Waals surface area contributed by atoms with Gasteiger partial charge in [-0.05, 0) is 12.1 Å². The van der Waals surface area contributed by atoms with Gasteiger partial charge in [0.05, 0.1) is 12.6 Å². The topological polar surface area (TPSA) is 90.6 Å². The number of ether oxygens (including phenoxy) is 1. The van der Waals surface area contributed by atoms with Crippen LogP contribution < -0.4 is 10.1 Å². The molecule has 1 aromatic carbocycles. The van der Waals surface area contributed by atoms with Crippen molar-refractivity contribution >= 4 is 17.0 Å². The van der Waals surface area contributed by atoms with E-state index in [4.69, 9.17) is 4.74 Å². The summed E-state index contributed by atoms with van der Waals surface area (Å²) in [6.45, 7) is 0. The second-order valence-corrected chi connectivity index (χ2v) is 3.69. The second kappa shape index (κ2) is 4.48. The lowest BCUT2D eigenvalue weighted by Crippen LogP contribution is -2.09. The molecule has 0 spiro atoms. The maximum atomic E-state index is 5.04. The minimum absolute atomic E-state index is 0.217. The van der Waals surface area contributed by atoms with Crippen molar-refractivity contribution < 1.29 is 4.74 Å². The minimum Gasteiger partial charge on any atom is -0.467 e. The maximum Gasteiger partial charge on any atom is 0.322 e. The van der Waals surface area contributed by atoms with Crippen LogP contribution in [0.1, 0.15) is 0 Å². The van der Waals surface area contributed by atoms with Crippen LogP contribution in [0.3, 0.4) is 0 Å². The highest BCUT2D eigenvalue weighted by atomic mass is 16.5. The van der Waals surface area contributed by atoms with Crippen LogP contribution in [0.25, 0.3) is 17.0 Å². The largest absolute Gasteiger partial charge is 0.467 e. The average molecular weight is 257 g/mol. The van der Waals surface area contributed by atoms with Crippen molar-refractivity contribution in [3.05, 3.63) is 24.3 Å². The molecule has 96 valence electrons. The van der Waals surface area contributed by atoms with Gasteiger partial charge >= 0.3 is 6.01 Å². The van der Waals surface area contributed by atoms with Gasteiger partial charge < -0.3 is 10.1 Å². The van der Waals surface area contributed by atoms with Gasteiger partial charge in [-0.3, -0.25) is 0 Å². The van der Waals surface area contributed by atoms with E-state index >= 15 is 0 Å². The minimum atomic E-state index is 0.217. The number of hydrogen-bond acceptors (Lipinski definition) is 7. The molecule has 0 unspecified atom stereocenters. The molecule has 0 saturated carbocycles. The Hall–Kier alpha value is -2.77. The highest BCUT2D eigenvalue weighted by Gasteiger charge is 2.12. The van der Waals surface area contributed by atoms with Crippen LogP contribution in [0.5, 0.6) is 6.01 Å². The standard InChI is InChI=1S/C11H11N7O/c1-12-9-13-10(15-11(14-9)19-2)18-8-6-4-3-5-7(8)16-17-18/h3-6H,1-2H3,(H,12,13,14,15). The number of nitrogens with zero attached hydrogens (tertiary/aromatic N) is 6. The van der Waals surface area contributed by atoms with Crippen molar-refractivity contribution in [3.63, 3.8) is 0 Å². The highest BCUT2D eigenvalue weighted by molar-refractivity contribution is 5.75. The lowest BCUT2D eigenvalue weighted by atomic mass is 10.3. The summed E-state index contributed by atoms with van der Waals surface area (Å²) in [4.78, 5) is 12.5. The monoisotopic (exact) mass is 257 g/mol. The molecule has 0 fully saturated rings. The van der Waals surface area contributed by atoms with Crippen LogP contribution in [0.4, 0.5) is 5.95 Å². The number of aromatic nitrogens is 6. The highest BCUT2D eigenvalue weighted by Crippen LogP contribution is 2.15. The summed E-state index contributed by atoms with van der Waals surface area (Å²) in [6, 6.07) is 7.78. The van der Waals surface area contributed by atoms with Gasteiger partial charge in [0.25, 0.3) is 5.95 Å². The third-order valence-electron chi connectivity index (χ3n) is 2.55. The predicted octanol–water partition coefficient (Wildman–Crippen LogP) is 0.656. The smallest absolute Gasteiger partial charge is 0.322 e. The van der Waals surface area contributed by atoms with Gasteiger partial charge in [-0.15, -0.1) is 5.10 Å². The first-order valence-corrected chi connectivity index (χ1v) is 5.60. The van der Waals surface area contributed by atoms with Crippen molar-refractivity contribution in [3.8, 4) is 12.0 Å². The summed E-state index contributed by atoms with van der Waals surface area (Å²) in [5.74, 6) is 0.756. The second-order valence-electron chi connectivity index (χ2n) is 3.69. The predicted molar refractivity (Wildman–Crippen MR) is 68.3 cm³/mol. The van der Waals surface area contributed by atoms with Crippen molar-refractivity contribution in [1.29, 1.82) is 0 Å². The number of rotatable bonds is 3. The molecule has 0 bridgehead atoms. The molecule has 3 rings (SSSR count). The number of hydrogen-bond donors (Lipinski definition) is 1. The van der Waals surface area contributed by atoms with E-state index < -0.39 is 0 Å². The van der Waals surface area contributed by atoms with E-state index in [1.807, 2.05) is 24.3 Å². The van der Waals surface area contributed by atoms with Crippen LogP contribution in [0.2, 0.25) is 0 Å². The number of anilines is 1. The van der Waals surface area contributed by atoms with Crippen molar-refractivity contribution in [2.75, 3.05) is 19.5 Å². The zero-order valence-corrected chi connectivity index (χ0v) is 10.4. The van der Waals surface area contributed by atoms with Gasteiger partial charge in [0.2, 0.25) is 5.95 Å². The van der Waals surface area contributed by atoms with Gasteiger partial charge in [-0.2, -0.15) is 19.6 Å². The lowest BCUT2D eigenvalue weighted by molar-refractivity contribution is 0.377. The summed E-state index contributed by atoms with van der Waals surface area (Å²) < 4.78 is 6.59. The number of fused-ring (bicyclic) bond motifs is 1. The van der Waals surface area contributed by atoms with Crippen LogP contribution >= 0.6 is 0 Å². The molecule has 8 heteroatoms. The Kier molecular flexibility index (Phi) is 2.67. The van der Waals surface area contributed by atoms with E-state index in [1.54, 1.807) is 11.7 Å². The Bertz CT molecular complexity index is 702. The van der Waals surface area contributed by atoms with Gasteiger partial charge in [0.1, 0.15) is 5.52 Å². The zero-order chi connectivity index (χ0) is 13.2. The molecule has 19 heavy (non-hydrogen) atoms. The first-order chi connectivity index (χ1) is 9.31. The first kappa shape index (κ1) is 11.3. The van der Waals surface area contributed by atoms with Gasteiger partial charge in [0.15, 0.2) is 0 Å².